The fourth-order valence-electron chi connectivity index (χ4n) is 2.33. The lowest BCUT2D eigenvalue weighted by Crippen LogP contribution is -2.53. The van der Waals surface area contributed by atoms with E-state index in [-0.39, 0.29) is 17.9 Å². The fraction of sp³-hybridized carbons (Fsp3) is 0.800. The Morgan fingerprint density at radius 3 is 3.00 bits per heavy atom. The minimum absolute atomic E-state index is 0.200. The zero-order valence-electron chi connectivity index (χ0n) is 8.62. The second-order valence-corrected chi connectivity index (χ2v) is 4.85. The van der Waals surface area contributed by atoms with Crippen LogP contribution in [0.25, 0.3) is 0 Å². The lowest BCUT2D eigenvalue weighted by molar-refractivity contribution is -0.138. The van der Waals surface area contributed by atoms with Crippen LogP contribution in [0.5, 0.6) is 0 Å². The number of piperazine rings is 1. The van der Waals surface area contributed by atoms with Gasteiger partial charge < -0.3 is 9.80 Å². The summed E-state index contributed by atoms with van der Waals surface area (Å²) >= 11 is 3.27. The highest BCUT2D eigenvalue weighted by molar-refractivity contribution is 9.09. The van der Waals surface area contributed by atoms with Crippen LogP contribution in [0.4, 0.5) is 0 Å². The Balaban J connectivity index is 1.93. The molecule has 2 rings (SSSR count). The molecular formula is C10H15BrN2O2. The predicted octanol–water partition coefficient (Wildman–Crippen LogP) is 0.605. The topological polar surface area (TPSA) is 40.6 Å². The van der Waals surface area contributed by atoms with E-state index >= 15 is 0 Å². The number of amides is 2. The van der Waals surface area contributed by atoms with Crippen molar-refractivity contribution >= 4 is 27.7 Å². The van der Waals surface area contributed by atoms with Crippen molar-refractivity contribution in [2.75, 3.05) is 25.0 Å². The molecule has 84 valence electrons. The Labute approximate surface area is 97.7 Å². The molecule has 2 aliphatic rings. The van der Waals surface area contributed by atoms with E-state index in [4.69, 9.17) is 0 Å². The summed E-state index contributed by atoms with van der Waals surface area (Å²) in [5.41, 5.74) is 0. The minimum atomic E-state index is 0.200. The van der Waals surface area contributed by atoms with E-state index in [0.717, 1.165) is 24.8 Å². The van der Waals surface area contributed by atoms with Crippen LogP contribution in [0.2, 0.25) is 0 Å². The zero-order valence-corrected chi connectivity index (χ0v) is 10.2. The Kier molecular flexibility index (Phi) is 3.29. The van der Waals surface area contributed by atoms with E-state index in [9.17, 15) is 9.59 Å². The summed E-state index contributed by atoms with van der Waals surface area (Å²) in [5, 5.41) is 0.718. The number of fused-ring (bicyclic) bond motifs is 1. The van der Waals surface area contributed by atoms with Crippen molar-refractivity contribution in [2.24, 2.45) is 0 Å². The van der Waals surface area contributed by atoms with E-state index in [2.05, 4.69) is 15.9 Å². The van der Waals surface area contributed by atoms with Crippen LogP contribution in [0.1, 0.15) is 19.3 Å². The normalized spacial score (nSPS) is 25.7. The van der Waals surface area contributed by atoms with Crippen LogP contribution in [0, 0.1) is 0 Å². The van der Waals surface area contributed by atoms with Crippen LogP contribution in [-0.2, 0) is 9.59 Å². The van der Waals surface area contributed by atoms with Gasteiger partial charge in [-0.25, -0.2) is 0 Å². The summed E-state index contributed by atoms with van der Waals surface area (Å²) in [6.07, 6.45) is 2.13. The second kappa shape index (κ2) is 4.51. The first kappa shape index (κ1) is 10.9. The van der Waals surface area contributed by atoms with Crippen molar-refractivity contribution in [3.8, 4) is 0 Å². The Morgan fingerprint density at radius 2 is 2.27 bits per heavy atom. The number of carbonyl (C=O) groups excluding carboxylic acids is 2. The number of carbonyl (C=O) groups is 2. The lowest BCUT2D eigenvalue weighted by Gasteiger charge is -2.37. The number of hydrogen-bond acceptors (Lipinski definition) is 2. The van der Waals surface area contributed by atoms with Gasteiger partial charge in [0.25, 0.3) is 0 Å². The van der Waals surface area contributed by atoms with Crippen LogP contribution in [-0.4, -0.2) is 52.6 Å². The summed E-state index contributed by atoms with van der Waals surface area (Å²) in [7, 11) is 0. The van der Waals surface area contributed by atoms with Crippen LogP contribution >= 0.6 is 15.9 Å². The average Bonchev–Trinajstić information content (AvgIpc) is 2.60. The van der Waals surface area contributed by atoms with Gasteiger partial charge in [0.2, 0.25) is 11.8 Å². The average molecular weight is 275 g/mol. The first-order valence-corrected chi connectivity index (χ1v) is 6.47. The fourth-order valence-corrected chi connectivity index (χ4v) is 2.67. The van der Waals surface area contributed by atoms with Gasteiger partial charge in [0.05, 0.1) is 0 Å². The molecule has 2 fully saturated rings. The molecule has 1 unspecified atom stereocenters. The molecule has 0 aliphatic carbocycles. The van der Waals surface area contributed by atoms with Gasteiger partial charge in [-0.05, 0) is 6.42 Å². The highest BCUT2D eigenvalue weighted by atomic mass is 79.9. The van der Waals surface area contributed by atoms with Gasteiger partial charge in [0.1, 0.15) is 0 Å². The van der Waals surface area contributed by atoms with E-state index in [1.54, 1.807) is 0 Å². The van der Waals surface area contributed by atoms with Gasteiger partial charge in [-0.1, -0.05) is 15.9 Å². The third-order valence-electron chi connectivity index (χ3n) is 3.16. The summed E-state index contributed by atoms with van der Waals surface area (Å²) < 4.78 is 0. The van der Waals surface area contributed by atoms with Gasteiger partial charge in [-0.2, -0.15) is 0 Å². The molecule has 0 aromatic heterocycles. The van der Waals surface area contributed by atoms with Crippen molar-refractivity contribution in [1.29, 1.82) is 0 Å². The summed E-state index contributed by atoms with van der Waals surface area (Å²) in [6.45, 7) is 2.16. The predicted molar refractivity (Wildman–Crippen MR) is 59.7 cm³/mol. The smallest absolute Gasteiger partial charge is 0.223 e. The Hall–Kier alpha value is -0.580. The van der Waals surface area contributed by atoms with Crippen LogP contribution in [0.3, 0.4) is 0 Å². The van der Waals surface area contributed by atoms with E-state index < -0.39 is 0 Å². The van der Waals surface area contributed by atoms with Crippen LogP contribution < -0.4 is 0 Å². The maximum atomic E-state index is 11.7. The van der Waals surface area contributed by atoms with Crippen LogP contribution in [0.15, 0.2) is 0 Å². The standard InChI is InChI=1S/C10H15BrN2O2/c11-4-3-9(14)12-5-6-13-8(7-12)1-2-10(13)15/h8H,1-7H2. The first-order valence-electron chi connectivity index (χ1n) is 5.35. The van der Waals surface area contributed by atoms with Crippen molar-refractivity contribution in [2.45, 2.75) is 25.3 Å². The Bertz CT molecular complexity index is 283. The molecule has 0 N–H and O–H groups in total. The molecule has 0 spiro atoms. The molecule has 0 aromatic rings. The number of alkyl halides is 1. The molecule has 0 bridgehead atoms. The summed E-state index contributed by atoms with van der Waals surface area (Å²) in [6, 6.07) is 0.283. The van der Waals surface area contributed by atoms with Crippen molar-refractivity contribution in [3.05, 3.63) is 0 Å². The zero-order chi connectivity index (χ0) is 10.8. The number of halogens is 1. The quantitative estimate of drug-likeness (QED) is 0.693. The highest BCUT2D eigenvalue weighted by Crippen LogP contribution is 2.23. The molecule has 0 saturated carbocycles. The maximum Gasteiger partial charge on any atom is 0.223 e. The van der Waals surface area contributed by atoms with Gasteiger partial charge in [-0.15, -0.1) is 0 Å². The minimum Gasteiger partial charge on any atom is -0.339 e. The third kappa shape index (κ3) is 2.17. The molecule has 0 radical (unpaired) electrons. The molecule has 4 nitrogen and oxygen atoms in total. The maximum absolute atomic E-state index is 11.7. The van der Waals surface area contributed by atoms with Gasteiger partial charge in [-0.3, -0.25) is 9.59 Å². The largest absolute Gasteiger partial charge is 0.339 e. The second-order valence-electron chi connectivity index (χ2n) is 4.06. The monoisotopic (exact) mass is 274 g/mol. The van der Waals surface area contributed by atoms with Crippen molar-refractivity contribution < 1.29 is 9.59 Å². The molecule has 2 heterocycles. The number of nitrogens with zero attached hydrogens (tertiary/aromatic N) is 2. The number of rotatable bonds is 2. The highest BCUT2D eigenvalue weighted by Gasteiger charge is 2.36. The molecule has 2 saturated heterocycles. The summed E-state index contributed by atoms with van der Waals surface area (Å²) in [5.74, 6) is 0.457. The van der Waals surface area contributed by atoms with Gasteiger partial charge >= 0.3 is 0 Å². The van der Waals surface area contributed by atoms with E-state index in [0.29, 0.717) is 19.4 Å². The first-order chi connectivity index (χ1) is 7.22. The van der Waals surface area contributed by atoms with Gasteiger partial charge in [0, 0.05) is 43.8 Å². The molecule has 1 atom stereocenters. The van der Waals surface area contributed by atoms with E-state index in [1.165, 1.54) is 0 Å². The van der Waals surface area contributed by atoms with Crippen molar-refractivity contribution in [3.63, 3.8) is 0 Å². The molecular weight excluding hydrogens is 260 g/mol. The summed E-state index contributed by atoms with van der Waals surface area (Å²) in [4.78, 5) is 26.9. The molecule has 0 aromatic carbocycles. The molecule has 2 aliphatic heterocycles. The molecule has 5 heteroatoms. The lowest BCUT2D eigenvalue weighted by atomic mass is 10.1. The Morgan fingerprint density at radius 1 is 1.47 bits per heavy atom. The van der Waals surface area contributed by atoms with E-state index in [1.807, 2.05) is 9.80 Å². The molecule has 2 amide bonds. The number of hydrogen-bond donors (Lipinski definition) is 0. The van der Waals surface area contributed by atoms with Gasteiger partial charge in [0.15, 0.2) is 0 Å². The van der Waals surface area contributed by atoms with Crippen molar-refractivity contribution in [1.82, 2.24) is 9.80 Å². The molecule has 15 heavy (non-hydrogen) atoms. The SMILES string of the molecule is O=C(CCBr)N1CCN2C(=O)CCC2C1. The third-order valence-corrected chi connectivity index (χ3v) is 3.55.